The highest BCUT2D eigenvalue weighted by molar-refractivity contribution is 7.90. The maximum absolute atomic E-state index is 12.9. The lowest BCUT2D eigenvalue weighted by Crippen LogP contribution is -2.33. The molecule has 1 heterocycles. The summed E-state index contributed by atoms with van der Waals surface area (Å²) in [6, 6.07) is 19.3. The van der Waals surface area contributed by atoms with Crippen LogP contribution in [0.2, 0.25) is 0 Å². The summed E-state index contributed by atoms with van der Waals surface area (Å²) in [4.78, 5) is 25.6. The van der Waals surface area contributed by atoms with Crippen LogP contribution in [0.1, 0.15) is 29.8 Å². The van der Waals surface area contributed by atoms with Gasteiger partial charge in [-0.3, -0.25) is 9.59 Å². The summed E-state index contributed by atoms with van der Waals surface area (Å²) in [5.41, 5.74) is 1.86. The molecule has 0 aliphatic heterocycles. The number of hydrogen-bond acceptors (Lipinski definition) is 7. The number of thiophene rings is 1. The molecule has 0 radical (unpaired) electrons. The summed E-state index contributed by atoms with van der Waals surface area (Å²) in [5.74, 6) is -0.209. The van der Waals surface area contributed by atoms with Gasteiger partial charge in [0.15, 0.2) is 5.78 Å². The van der Waals surface area contributed by atoms with E-state index in [0.717, 1.165) is 20.5 Å². The lowest BCUT2D eigenvalue weighted by atomic mass is 10.0. The van der Waals surface area contributed by atoms with Gasteiger partial charge in [0.2, 0.25) is 5.91 Å². The average Bonchev–Trinajstić information content (AvgIpc) is 3.35. The molecule has 0 bridgehead atoms. The first-order valence-corrected chi connectivity index (χ1v) is 14.1. The largest absolute Gasteiger partial charge is 0.496 e. The van der Waals surface area contributed by atoms with Gasteiger partial charge in [0, 0.05) is 38.3 Å². The molecule has 0 fully saturated rings. The van der Waals surface area contributed by atoms with E-state index in [-0.39, 0.29) is 10.7 Å². The Morgan fingerprint density at radius 1 is 0.921 bits per heavy atom. The molecule has 0 atom stereocenters. The van der Waals surface area contributed by atoms with Crippen LogP contribution in [0.25, 0.3) is 26.6 Å². The van der Waals surface area contributed by atoms with Gasteiger partial charge < -0.3 is 9.47 Å². The predicted molar refractivity (Wildman–Crippen MR) is 150 cm³/mol. The number of hydrogen-bond donors (Lipinski definition) is 1. The molecular weight excluding hydrogens is 522 g/mol. The Bertz CT molecular complexity index is 1600. The van der Waals surface area contributed by atoms with E-state index in [1.165, 1.54) is 30.3 Å². The molecule has 0 saturated heterocycles. The first-order chi connectivity index (χ1) is 18.1. The molecule has 7 nitrogen and oxygen atoms in total. The van der Waals surface area contributed by atoms with Crippen molar-refractivity contribution in [3.05, 3.63) is 83.9 Å². The van der Waals surface area contributed by atoms with Crippen LogP contribution in [0.4, 0.5) is 0 Å². The van der Waals surface area contributed by atoms with Crippen LogP contribution in [0, 0.1) is 5.92 Å². The van der Waals surface area contributed by atoms with Crippen LogP contribution in [-0.2, 0) is 14.8 Å². The Hall–Kier alpha value is -3.95. The molecule has 9 heteroatoms. The predicted octanol–water partition coefficient (Wildman–Crippen LogP) is 5.94. The summed E-state index contributed by atoms with van der Waals surface area (Å²) >= 11 is 1.64. The summed E-state index contributed by atoms with van der Waals surface area (Å²) < 4.78 is 39.2. The molecule has 196 valence electrons. The molecule has 0 saturated carbocycles. The van der Waals surface area contributed by atoms with Gasteiger partial charge in [0.05, 0.1) is 19.1 Å². The number of carbonyl (C=O) groups excluding carboxylic acids is 2. The Balaban J connectivity index is 1.61. The van der Waals surface area contributed by atoms with Gasteiger partial charge in [-0.05, 0) is 60.0 Å². The van der Waals surface area contributed by atoms with E-state index in [0.29, 0.717) is 22.6 Å². The second kappa shape index (κ2) is 11.2. The van der Waals surface area contributed by atoms with E-state index < -0.39 is 21.8 Å². The molecule has 1 amide bonds. The Morgan fingerprint density at radius 3 is 2.24 bits per heavy atom. The number of fused-ring (bicyclic) bond motifs is 1. The van der Waals surface area contributed by atoms with E-state index in [9.17, 15) is 18.0 Å². The van der Waals surface area contributed by atoms with Crippen molar-refractivity contribution in [3.8, 4) is 21.9 Å². The Kier molecular flexibility index (Phi) is 7.99. The zero-order valence-electron chi connectivity index (χ0n) is 21.3. The number of ether oxygens (including phenoxy) is 2. The molecule has 4 rings (SSSR count). The minimum absolute atomic E-state index is 0.100. The van der Waals surface area contributed by atoms with Gasteiger partial charge in [-0.2, -0.15) is 0 Å². The minimum atomic E-state index is -4.02. The number of sulfonamides is 1. The van der Waals surface area contributed by atoms with Crippen LogP contribution in [0.5, 0.6) is 11.5 Å². The number of rotatable bonds is 9. The molecule has 0 spiro atoms. The van der Waals surface area contributed by atoms with Crippen molar-refractivity contribution < 1.29 is 27.5 Å². The van der Waals surface area contributed by atoms with Crippen molar-refractivity contribution >= 4 is 49.2 Å². The summed E-state index contributed by atoms with van der Waals surface area (Å²) in [6.45, 7) is 3.20. The van der Waals surface area contributed by atoms with Crippen LogP contribution in [0.15, 0.2) is 77.7 Å². The number of methoxy groups -OCH3 is 2. The lowest BCUT2D eigenvalue weighted by Gasteiger charge is -2.12. The molecule has 1 aromatic heterocycles. The first-order valence-electron chi connectivity index (χ1n) is 11.8. The fourth-order valence-electron chi connectivity index (χ4n) is 3.73. The van der Waals surface area contributed by atoms with E-state index in [1.54, 1.807) is 51.5 Å². The van der Waals surface area contributed by atoms with Crippen LogP contribution < -0.4 is 14.2 Å². The molecule has 1 N–H and O–H groups in total. The first kappa shape index (κ1) is 27.1. The monoisotopic (exact) mass is 549 g/mol. The highest BCUT2D eigenvalue weighted by atomic mass is 32.2. The van der Waals surface area contributed by atoms with Gasteiger partial charge in [-0.1, -0.05) is 32.0 Å². The zero-order valence-corrected chi connectivity index (χ0v) is 23.0. The summed E-state index contributed by atoms with van der Waals surface area (Å²) in [7, 11) is -0.869. The van der Waals surface area contributed by atoms with Gasteiger partial charge in [-0.25, -0.2) is 13.1 Å². The topological polar surface area (TPSA) is 98.8 Å². The maximum atomic E-state index is 12.9. The molecule has 0 aliphatic carbocycles. The third kappa shape index (κ3) is 5.79. The standard InChI is InChI=1S/C29H27NO6S2/c1-18(2)29(32)30-38(33,34)22-12-9-19(10-13-22)24(31)14-11-20-15-23(26(36-4)17-25(20)35-3)28-16-21-7-5-6-8-27(21)37-28/h5-18H,1-4H3,(H,30,32). The zero-order chi connectivity index (χ0) is 27.4. The molecule has 0 unspecified atom stereocenters. The molecule has 38 heavy (non-hydrogen) atoms. The number of amides is 1. The van der Waals surface area contributed by atoms with Crippen LogP contribution >= 0.6 is 11.3 Å². The van der Waals surface area contributed by atoms with E-state index in [1.807, 2.05) is 22.9 Å². The molecule has 4 aromatic rings. The number of nitrogens with one attached hydrogen (secondary N) is 1. The fourth-order valence-corrected chi connectivity index (χ4v) is 5.93. The summed E-state index contributed by atoms with van der Waals surface area (Å²) in [5, 5.41) is 1.13. The second-order valence-electron chi connectivity index (χ2n) is 8.79. The minimum Gasteiger partial charge on any atom is -0.496 e. The van der Waals surface area contributed by atoms with Crippen molar-refractivity contribution in [2.45, 2.75) is 18.7 Å². The fraction of sp³-hybridized carbons (Fsp3) is 0.172. The number of benzene rings is 3. The third-order valence-corrected chi connectivity index (χ3v) is 8.38. The van der Waals surface area contributed by atoms with Crippen molar-refractivity contribution in [1.82, 2.24) is 4.72 Å². The summed E-state index contributed by atoms with van der Waals surface area (Å²) in [6.07, 6.45) is 3.06. The van der Waals surface area contributed by atoms with Crippen molar-refractivity contribution in [2.24, 2.45) is 5.92 Å². The van der Waals surface area contributed by atoms with Crippen molar-refractivity contribution in [3.63, 3.8) is 0 Å². The van der Waals surface area contributed by atoms with Gasteiger partial charge in [0.1, 0.15) is 11.5 Å². The SMILES string of the molecule is COc1cc(OC)c(-c2cc3ccccc3s2)cc1C=CC(=O)c1ccc(S(=O)(=O)NC(=O)C(C)C)cc1. The van der Waals surface area contributed by atoms with E-state index in [4.69, 9.17) is 9.47 Å². The second-order valence-corrected chi connectivity index (χ2v) is 11.6. The normalized spacial score (nSPS) is 11.7. The number of carbonyl (C=O) groups is 2. The smallest absolute Gasteiger partial charge is 0.264 e. The molecule has 0 aliphatic rings. The molecular formula is C29H27NO6S2. The quantitative estimate of drug-likeness (QED) is 0.205. The van der Waals surface area contributed by atoms with Gasteiger partial charge in [0.25, 0.3) is 10.0 Å². The van der Waals surface area contributed by atoms with Crippen molar-refractivity contribution in [1.29, 1.82) is 0 Å². The van der Waals surface area contributed by atoms with Crippen LogP contribution in [0.3, 0.4) is 0 Å². The van der Waals surface area contributed by atoms with Crippen molar-refractivity contribution in [2.75, 3.05) is 14.2 Å². The maximum Gasteiger partial charge on any atom is 0.264 e. The molecule has 3 aromatic carbocycles. The Morgan fingerprint density at radius 2 is 1.61 bits per heavy atom. The Labute approximate surface area is 225 Å². The highest BCUT2D eigenvalue weighted by Gasteiger charge is 2.20. The van der Waals surface area contributed by atoms with E-state index >= 15 is 0 Å². The average molecular weight is 550 g/mol. The van der Waals surface area contributed by atoms with Gasteiger partial charge in [-0.15, -0.1) is 11.3 Å². The number of allylic oxidation sites excluding steroid dienone is 1. The lowest BCUT2D eigenvalue weighted by molar-refractivity contribution is -0.122. The highest BCUT2D eigenvalue weighted by Crippen LogP contribution is 2.41. The number of ketones is 1. The van der Waals surface area contributed by atoms with Gasteiger partial charge >= 0.3 is 0 Å². The van der Waals surface area contributed by atoms with Crippen LogP contribution in [-0.4, -0.2) is 34.3 Å². The third-order valence-electron chi connectivity index (χ3n) is 5.87. The van der Waals surface area contributed by atoms with E-state index in [2.05, 4.69) is 18.2 Å².